The Morgan fingerprint density at radius 1 is 1.30 bits per heavy atom. The molecule has 0 amide bonds. The van der Waals surface area contributed by atoms with Crippen molar-refractivity contribution in [2.45, 2.75) is 51.0 Å². The molecular weight excluding hydrogens is 316 g/mol. The molecule has 3 heterocycles. The zero-order valence-corrected chi connectivity index (χ0v) is 14.5. The van der Waals surface area contributed by atoms with Crippen molar-refractivity contribution in [1.29, 1.82) is 0 Å². The summed E-state index contributed by atoms with van der Waals surface area (Å²) in [5.41, 5.74) is 0.431. The van der Waals surface area contributed by atoms with Gasteiger partial charge in [0, 0.05) is 18.4 Å². The molecule has 3 rings (SSSR count). The molecule has 2 aromatic heterocycles. The summed E-state index contributed by atoms with van der Waals surface area (Å²) in [6.07, 6.45) is 3.11. The van der Waals surface area contributed by atoms with Crippen molar-refractivity contribution in [2.24, 2.45) is 0 Å². The average Bonchev–Trinajstić information content (AvgIpc) is 3.04. The van der Waals surface area contributed by atoms with Gasteiger partial charge in [-0.15, -0.1) is 0 Å². The second-order valence-corrected chi connectivity index (χ2v) is 7.93. The molecule has 124 valence electrons. The van der Waals surface area contributed by atoms with Crippen LogP contribution >= 0.6 is 0 Å². The molecule has 0 spiro atoms. The molecule has 0 N–H and O–H groups in total. The number of nitrogens with zero attached hydrogens (tertiary/aromatic N) is 4. The first-order valence-corrected chi connectivity index (χ1v) is 8.96. The summed E-state index contributed by atoms with van der Waals surface area (Å²) in [4.78, 5) is 8.94. The second-order valence-electron chi connectivity index (χ2n) is 6.13. The fourth-order valence-corrected chi connectivity index (χ4v) is 5.31. The lowest BCUT2D eigenvalue weighted by molar-refractivity contribution is 0.254. The lowest BCUT2D eigenvalue weighted by Crippen LogP contribution is -2.44. The van der Waals surface area contributed by atoms with Crippen molar-refractivity contribution in [3.8, 4) is 0 Å². The third kappa shape index (κ3) is 2.46. The Kier molecular flexibility index (Phi) is 3.76. The van der Waals surface area contributed by atoms with Crippen LogP contribution in [0.25, 0.3) is 0 Å². The molecule has 0 bridgehead atoms. The summed E-state index contributed by atoms with van der Waals surface area (Å²) in [5.74, 6) is 0.840. The van der Waals surface area contributed by atoms with E-state index in [9.17, 15) is 8.42 Å². The fourth-order valence-electron chi connectivity index (χ4n) is 3.21. The molecule has 7 nitrogen and oxygen atoms in total. The summed E-state index contributed by atoms with van der Waals surface area (Å²) in [6.45, 7) is 7.44. The van der Waals surface area contributed by atoms with Gasteiger partial charge in [-0.1, -0.05) is 5.16 Å². The highest BCUT2D eigenvalue weighted by atomic mass is 32.2. The van der Waals surface area contributed by atoms with Gasteiger partial charge in [-0.25, -0.2) is 18.4 Å². The average molecular weight is 336 g/mol. The Balaban J connectivity index is 2.12. The molecule has 0 aliphatic carbocycles. The minimum atomic E-state index is -3.73. The number of aromatic nitrogens is 3. The van der Waals surface area contributed by atoms with Crippen LogP contribution in [0.4, 0.5) is 0 Å². The molecule has 1 atom stereocenters. The first kappa shape index (κ1) is 16.1. The third-order valence-electron chi connectivity index (χ3n) is 4.37. The van der Waals surface area contributed by atoms with Gasteiger partial charge in [0.2, 0.25) is 10.0 Å². The minimum absolute atomic E-state index is 0.151. The molecule has 8 heteroatoms. The smallest absolute Gasteiger partial charge is 0.249 e. The topological polar surface area (TPSA) is 89.2 Å². The SMILES string of the molecule is Cc1ccnc([C@]2(C)CCCN2S(=O)(=O)c2c(C)noc2C)n1. The maximum absolute atomic E-state index is 13.2. The van der Waals surface area contributed by atoms with Crippen molar-refractivity contribution < 1.29 is 12.9 Å². The molecule has 0 saturated carbocycles. The Labute approximate surface area is 135 Å². The largest absolute Gasteiger partial charge is 0.360 e. The summed E-state index contributed by atoms with van der Waals surface area (Å²) in [5, 5.41) is 3.78. The maximum atomic E-state index is 13.2. The lowest BCUT2D eigenvalue weighted by atomic mass is 9.99. The van der Waals surface area contributed by atoms with Crippen LogP contribution in [-0.4, -0.2) is 34.4 Å². The first-order chi connectivity index (χ1) is 10.8. The number of aryl methyl sites for hydroxylation is 3. The molecule has 0 unspecified atom stereocenters. The highest BCUT2D eigenvalue weighted by Gasteiger charge is 2.48. The van der Waals surface area contributed by atoms with Crippen LogP contribution in [0.5, 0.6) is 0 Å². The van der Waals surface area contributed by atoms with E-state index in [2.05, 4.69) is 15.1 Å². The molecule has 1 aliphatic rings. The Morgan fingerprint density at radius 2 is 2.04 bits per heavy atom. The van der Waals surface area contributed by atoms with E-state index < -0.39 is 15.6 Å². The summed E-state index contributed by atoms with van der Waals surface area (Å²) >= 11 is 0. The molecule has 1 fully saturated rings. The minimum Gasteiger partial charge on any atom is -0.360 e. The summed E-state index contributed by atoms with van der Waals surface area (Å²) in [6, 6.07) is 1.80. The zero-order chi connectivity index (χ0) is 16.8. The van der Waals surface area contributed by atoms with Crippen LogP contribution in [0.2, 0.25) is 0 Å². The zero-order valence-electron chi connectivity index (χ0n) is 13.7. The fraction of sp³-hybridized carbons (Fsp3) is 0.533. The van der Waals surface area contributed by atoms with Gasteiger partial charge in [-0.2, -0.15) is 4.31 Å². The molecule has 1 saturated heterocycles. The third-order valence-corrected chi connectivity index (χ3v) is 6.63. The van der Waals surface area contributed by atoms with Crippen LogP contribution in [0.3, 0.4) is 0 Å². The molecule has 1 aliphatic heterocycles. The van der Waals surface area contributed by atoms with Gasteiger partial charge >= 0.3 is 0 Å². The molecular formula is C15H20N4O3S. The Morgan fingerprint density at radius 3 is 2.65 bits per heavy atom. The second kappa shape index (κ2) is 5.38. The van der Waals surface area contributed by atoms with Crippen molar-refractivity contribution in [3.05, 3.63) is 35.2 Å². The number of rotatable bonds is 3. The Hall–Kier alpha value is -1.80. The molecule has 0 aromatic carbocycles. The molecule has 0 radical (unpaired) electrons. The highest BCUT2D eigenvalue weighted by molar-refractivity contribution is 7.89. The van der Waals surface area contributed by atoms with E-state index in [0.29, 0.717) is 30.2 Å². The van der Waals surface area contributed by atoms with Gasteiger partial charge in [-0.3, -0.25) is 0 Å². The summed E-state index contributed by atoms with van der Waals surface area (Å²) < 4.78 is 32.9. The number of hydrogen-bond acceptors (Lipinski definition) is 6. The monoisotopic (exact) mass is 336 g/mol. The van der Waals surface area contributed by atoms with Gasteiger partial charge in [0.1, 0.15) is 16.4 Å². The van der Waals surface area contributed by atoms with Crippen LogP contribution in [0.15, 0.2) is 21.7 Å². The quantitative estimate of drug-likeness (QED) is 0.852. The van der Waals surface area contributed by atoms with E-state index in [-0.39, 0.29) is 4.90 Å². The number of sulfonamides is 1. The van der Waals surface area contributed by atoms with E-state index >= 15 is 0 Å². The van der Waals surface area contributed by atoms with Crippen LogP contribution < -0.4 is 0 Å². The first-order valence-electron chi connectivity index (χ1n) is 7.52. The van der Waals surface area contributed by atoms with Gasteiger partial charge in [-0.05, 0) is 46.6 Å². The van der Waals surface area contributed by atoms with E-state index in [0.717, 1.165) is 12.1 Å². The molecule has 2 aromatic rings. The van der Waals surface area contributed by atoms with E-state index in [1.54, 1.807) is 26.1 Å². The standard InChI is InChI=1S/C15H20N4O3S/c1-10-6-8-16-14(17-10)15(4)7-5-9-19(15)23(20,21)13-11(2)18-22-12(13)3/h6,8H,5,7,9H2,1-4H3/t15-/m0/s1. The van der Waals surface area contributed by atoms with Crippen molar-refractivity contribution >= 4 is 10.0 Å². The maximum Gasteiger partial charge on any atom is 0.249 e. The van der Waals surface area contributed by atoms with Gasteiger partial charge in [0.15, 0.2) is 5.76 Å². The molecule has 23 heavy (non-hydrogen) atoms. The van der Waals surface area contributed by atoms with E-state index in [1.807, 2.05) is 13.8 Å². The van der Waals surface area contributed by atoms with Crippen molar-refractivity contribution in [2.75, 3.05) is 6.54 Å². The normalized spacial score (nSPS) is 22.6. The van der Waals surface area contributed by atoms with E-state index in [1.165, 1.54) is 4.31 Å². The van der Waals surface area contributed by atoms with Gasteiger partial charge in [0.05, 0.1) is 5.54 Å². The number of hydrogen-bond donors (Lipinski definition) is 0. The van der Waals surface area contributed by atoms with Crippen molar-refractivity contribution in [3.63, 3.8) is 0 Å². The van der Waals surface area contributed by atoms with Crippen LogP contribution in [0.1, 0.15) is 42.7 Å². The van der Waals surface area contributed by atoms with Gasteiger partial charge in [0.25, 0.3) is 0 Å². The lowest BCUT2D eigenvalue weighted by Gasteiger charge is -2.32. The van der Waals surface area contributed by atoms with Crippen LogP contribution in [0, 0.1) is 20.8 Å². The van der Waals surface area contributed by atoms with Crippen molar-refractivity contribution in [1.82, 2.24) is 19.4 Å². The van der Waals surface area contributed by atoms with Gasteiger partial charge < -0.3 is 4.52 Å². The van der Waals surface area contributed by atoms with Crippen LogP contribution in [-0.2, 0) is 15.6 Å². The predicted molar refractivity (Wildman–Crippen MR) is 83.2 cm³/mol. The van der Waals surface area contributed by atoms with E-state index in [4.69, 9.17) is 4.52 Å². The Bertz CT molecular complexity index is 827. The predicted octanol–water partition coefficient (Wildman–Crippen LogP) is 2.09. The highest BCUT2D eigenvalue weighted by Crippen LogP contribution is 2.41. The summed E-state index contributed by atoms with van der Waals surface area (Å²) in [7, 11) is -3.73.